The lowest BCUT2D eigenvalue weighted by atomic mass is 9.90. The maximum absolute atomic E-state index is 10.4. The molecule has 2 heteroatoms. The minimum atomic E-state index is -0.585. The zero-order chi connectivity index (χ0) is 10.0. The minimum absolute atomic E-state index is 0.585. The van der Waals surface area contributed by atoms with Crippen molar-refractivity contribution in [1.82, 2.24) is 0 Å². The van der Waals surface area contributed by atoms with Crippen molar-refractivity contribution in [2.45, 2.75) is 30.6 Å². The van der Waals surface area contributed by atoms with E-state index in [-0.39, 0.29) is 0 Å². The first-order chi connectivity index (χ1) is 6.71. The number of rotatable bonds is 1. The van der Waals surface area contributed by atoms with Gasteiger partial charge in [-0.2, -0.15) is 11.8 Å². The largest absolute Gasteiger partial charge is 0.384 e. The van der Waals surface area contributed by atoms with E-state index < -0.39 is 5.60 Å². The Hall–Kier alpha value is -0.470. The molecule has 2 rings (SSSR count). The van der Waals surface area contributed by atoms with Crippen LogP contribution in [0.5, 0.6) is 0 Å². The van der Waals surface area contributed by atoms with Crippen molar-refractivity contribution in [3.8, 4) is 0 Å². The first-order valence-corrected chi connectivity index (χ1v) is 6.15. The van der Waals surface area contributed by atoms with Gasteiger partial charge in [-0.05, 0) is 18.4 Å². The molecule has 0 radical (unpaired) electrons. The third-order valence-electron chi connectivity index (χ3n) is 2.88. The molecular weight excluding hydrogens is 192 g/mol. The number of benzene rings is 1. The Balaban J connectivity index is 2.17. The molecule has 1 aliphatic rings. The zero-order valence-electron chi connectivity index (χ0n) is 8.44. The second kappa shape index (κ2) is 3.95. The molecule has 1 nitrogen and oxygen atoms in total. The monoisotopic (exact) mass is 208 g/mol. The fourth-order valence-corrected chi connectivity index (χ4v) is 3.01. The molecule has 1 heterocycles. The standard InChI is InChI=1S/C12H16OS/c1-10-7-8-12(13,9-14-10)11-5-3-2-4-6-11/h2-6,10,13H,7-9H2,1H3/t10-,12-/m0/s1. The van der Waals surface area contributed by atoms with E-state index >= 15 is 0 Å². The van der Waals surface area contributed by atoms with E-state index in [0.29, 0.717) is 5.25 Å². The maximum Gasteiger partial charge on any atom is 0.0987 e. The molecule has 1 N–H and O–H groups in total. The number of hydrogen-bond donors (Lipinski definition) is 1. The highest BCUT2D eigenvalue weighted by Gasteiger charge is 2.33. The minimum Gasteiger partial charge on any atom is -0.384 e. The Bertz CT molecular complexity index is 288. The highest BCUT2D eigenvalue weighted by Crippen LogP contribution is 2.38. The molecule has 1 aromatic carbocycles. The molecule has 14 heavy (non-hydrogen) atoms. The summed E-state index contributed by atoms with van der Waals surface area (Å²) < 4.78 is 0. The zero-order valence-corrected chi connectivity index (χ0v) is 9.26. The summed E-state index contributed by atoms with van der Waals surface area (Å²) in [6.07, 6.45) is 2.00. The summed E-state index contributed by atoms with van der Waals surface area (Å²) in [7, 11) is 0. The van der Waals surface area contributed by atoms with Crippen LogP contribution in [0.3, 0.4) is 0 Å². The van der Waals surface area contributed by atoms with E-state index in [1.165, 1.54) is 0 Å². The van der Waals surface area contributed by atoms with E-state index in [2.05, 4.69) is 6.92 Å². The molecule has 2 atom stereocenters. The lowest BCUT2D eigenvalue weighted by Gasteiger charge is -2.34. The highest BCUT2D eigenvalue weighted by molar-refractivity contribution is 7.99. The van der Waals surface area contributed by atoms with Crippen LogP contribution in [0.15, 0.2) is 30.3 Å². The quantitative estimate of drug-likeness (QED) is 0.766. The molecule has 1 fully saturated rings. The molecular formula is C12H16OS. The summed E-state index contributed by atoms with van der Waals surface area (Å²) in [6, 6.07) is 10.0. The average molecular weight is 208 g/mol. The predicted octanol–water partition coefficient (Wildman–Crippen LogP) is 2.79. The third-order valence-corrected chi connectivity index (χ3v) is 4.33. The lowest BCUT2D eigenvalue weighted by molar-refractivity contribution is 0.0471. The molecule has 0 aromatic heterocycles. The van der Waals surface area contributed by atoms with Gasteiger partial charge in [0.15, 0.2) is 0 Å². The Morgan fingerprint density at radius 3 is 2.64 bits per heavy atom. The Morgan fingerprint density at radius 2 is 2.07 bits per heavy atom. The summed E-state index contributed by atoms with van der Waals surface area (Å²) in [5.74, 6) is 0.832. The van der Waals surface area contributed by atoms with Gasteiger partial charge in [-0.25, -0.2) is 0 Å². The molecule has 0 saturated carbocycles. The summed E-state index contributed by atoms with van der Waals surface area (Å²) in [5, 5.41) is 11.1. The average Bonchev–Trinajstić information content (AvgIpc) is 2.24. The Kier molecular flexibility index (Phi) is 2.84. The van der Waals surface area contributed by atoms with Gasteiger partial charge >= 0.3 is 0 Å². The van der Waals surface area contributed by atoms with Crippen LogP contribution >= 0.6 is 11.8 Å². The third kappa shape index (κ3) is 1.96. The molecule has 0 aliphatic carbocycles. The van der Waals surface area contributed by atoms with Crippen molar-refractivity contribution in [3.63, 3.8) is 0 Å². The fourth-order valence-electron chi connectivity index (χ4n) is 1.85. The lowest BCUT2D eigenvalue weighted by Crippen LogP contribution is -2.33. The first-order valence-electron chi connectivity index (χ1n) is 5.10. The van der Waals surface area contributed by atoms with Gasteiger partial charge in [0.1, 0.15) is 0 Å². The van der Waals surface area contributed by atoms with Crippen LogP contribution in [0.2, 0.25) is 0 Å². The number of aliphatic hydroxyl groups is 1. The summed E-state index contributed by atoms with van der Waals surface area (Å²) >= 11 is 1.87. The van der Waals surface area contributed by atoms with Crippen molar-refractivity contribution >= 4 is 11.8 Å². The van der Waals surface area contributed by atoms with E-state index in [4.69, 9.17) is 0 Å². The van der Waals surface area contributed by atoms with Crippen LogP contribution in [0.1, 0.15) is 25.3 Å². The molecule has 0 bridgehead atoms. The summed E-state index contributed by atoms with van der Waals surface area (Å²) in [5.41, 5.74) is 0.484. The van der Waals surface area contributed by atoms with Gasteiger partial charge in [0.25, 0.3) is 0 Å². The second-order valence-corrected chi connectivity index (χ2v) is 5.48. The number of hydrogen-bond acceptors (Lipinski definition) is 2. The smallest absolute Gasteiger partial charge is 0.0987 e. The van der Waals surface area contributed by atoms with Crippen LogP contribution in [-0.2, 0) is 5.60 Å². The SMILES string of the molecule is C[C@H]1CC[C@@](O)(c2ccccc2)CS1. The van der Waals surface area contributed by atoms with Gasteiger partial charge in [0, 0.05) is 11.0 Å². The van der Waals surface area contributed by atoms with E-state index in [1.807, 2.05) is 42.1 Å². The Labute approximate surface area is 89.5 Å². The van der Waals surface area contributed by atoms with Crippen molar-refractivity contribution in [2.24, 2.45) is 0 Å². The van der Waals surface area contributed by atoms with E-state index in [0.717, 1.165) is 24.2 Å². The molecule has 1 saturated heterocycles. The van der Waals surface area contributed by atoms with Crippen LogP contribution in [-0.4, -0.2) is 16.1 Å². The highest BCUT2D eigenvalue weighted by atomic mass is 32.2. The number of thioether (sulfide) groups is 1. The van der Waals surface area contributed by atoms with E-state index in [1.54, 1.807) is 0 Å². The predicted molar refractivity (Wildman–Crippen MR) is 61.5 cm³/mol. The van der Waals surface area contributed by atoms with Crippen molar-refractivity contribution < 1.29 is 5.11 Å². The van der Waals surface area contributed by atoms with Crippen molar-refractivity contribution in [1.29, 1.82) is 0 Å². The van der Waals surface area contributed by atoms with Gasteiger partial charge in [0.05, 0.1) is 5.60 Å². The molecule has 1 aromatic rings. The fraction of sp³-hybridized carbons (Fsp3) is 0.500. The molecule has 0 amide bonds. The molecule has 0 spiro atoms. The van der Waals surface area contributed by atoms with Crippen LogP contribution < -0.4 is 0 Å². The van der Waals surface area contributed by atoms with Gasteiger partial charge in [0.2, 0.25) is 0 Å². The maximum atomic E-state index is 10.4. The van der Waals surface area contributed by atoms with Gasteiger partial charge in [-0.3, -0.25) is 0 Å². The van der Waals surface area contributed by atoms with Gasteiger partial charge in [-0.1, -0.05) is 37.3 Å². The molecule has 76 valence electrons. The molecule has 1 aliphatic heterocycles. The summed E-state index contributed by atoms with van der Waals surface area (Å²) in [4.78, 5) is 0. The van der Waals surface area contributed by atoms with Crippen LogP contribution in [0.4, 0.5) is 0 Å². The first kappa shape index (κ1) is 10.1. The second-order valence-electron chi connectivity index (χ2n) is 4.06. The normalized spacial score (nSPS) is 32.9. The van der Waals surface area contributed by atoms with Crippen molar-refractivity contribution in [3.05, 3.63) is 35.9 Å². The van der Waals surface area contributed by atoms with E-state index in [9.17, 15) is 5.11 Å². The van der Waals surface area contributed by atoms with Gasteiger partial charge in [-0.15, -0.1) is 0 Å². The van der Waals surface area contributed by atoms with Crippen LogP contribution in [0.25, 0.3) is 0 Å². The van der Waals surface area contributed by atoms with Crippen molar-refractivity contribution in [2.75, 3.05) is 5.75 Å². The molecule has 0 unspecified atom stereocenters. The van der Waals surface area contributed by atoms with Gasteiger partial charge < -0.3 is 5.11 Å². The Morgan fingerprint density at radius 1 is 1.36 bits per heavy atom. The summed E-state index contributed by atoms with van der Waals surface area (Å²) in [6.45, 7) is 2.23. The van der Waals surface area contributed by atoms with Crippen LogP contribution in [0, 0.1) is 0 Å². The topological polar surface area (TPSA) is 20.2 Å².